The summed E-state index contributed by atoms with van der Waals surface area (Å²) in [5.41, 5.74) is 3.53. The first-order chi connectivity index (χ1) is 16.1. The Hall–Kier alpha value is -3.55. The van der Waals surface area contributed by atoms with Crippen molar-refractivity contribution in [2.45, 2.75) is 13.0 Å². The number of carbonyl (C=O) groups excluding carboxylic acids is 1. The van der Waals surface area contributed by atoms with E-state index in [2.05, 4.69) is 74.4 Å². The highest BCUT2D eigenvalue weighted by molar-refractivity contribution is 6.02. The van der Waals surface area contributed by atoms with E-state index in [0.29, 0.717) is 5.95 Å². The Morgan fingerprint density at radius 3 is 2.24 bits per heavy atom. The zero-order chi connectivity index (χ0) is 22.4. The first-order valence-electron chi connectivity index (χ1n) is 11.3. The van der Waals surface area contributed by atoms with Gasteiger partial charge in [-0.05, 0) is 39.6 Å². The van der Waals surface area contributed by atoms with E-state index in [4.69, 9.17) is 5.21 Å². The second-order valence-electron chi connectivity index (χ2n) is 9.33. The van der Waals surface area contributed by atoms with Crippen LogP contribution in [0.2, 0.25) is 0 Å². The summed E-state index contributed by atoms with van der Waals surface area (Å²) >= 11 is 0. The third-order valence-corrected chi connectivity index (χ3v) is 7.11. The zero-order valence-corrected chi connectivity index (χ0v) is 18.2. The van der Waals surface area contributed by atoms with Gasteiger partial charge in [-0.15, -0.1) is 0 Å². The number of nitrogens with one attached hydrogen (secondary N) is 1. The van der Waals surface area contributed by atoms with E-state index in [9.17, 15) is 4.79 Å². The van der Waals surface area contributed by atoms with Crippen molar-refractivity contribution in [3.63, 3.8) is 0 Å². The normalized spacial score (nSPS) is 17.5. The summed E-state index contributed by atoms with van der Waals surface area (Å²) in [5, 5.41) is 14.0. The Kier molecular flexibility index (Phi) is 4.74. The number of likely N-dealkylation sites (tertiary alicyclic amines) is 1. The number of aromatic nitrogens is 2. The molecule has 7 nitrogen and oxygen atoms in total. The first kappa shape index (κ1) is 20.1. The van der Waals surface area contributed by atoms with Crippen LogP contribution in [-0.2, 0) is 6.54 Å². The van der Waals surface area contributed by atoms with Crippen LogP contribution in [-0.4, -0.2) is 52.2 Å². The molecule has 2 saturated heterocycles. The van der Waals surface area contributed by atoms with Crippen LogP contribution in [0.15, 0.2) is 67.0 Å². The lowest BCUT2D eigenvalue weighted by Gasteiger charge is -2.48. The van der Waals surface area contributed by atoms with Gasteiger partial charge in [-0.25, -0.2) is 15.4 Å². The molecule has 2 aliphatic heterocycles. The molecule has 0 bridgehead atoms. The fraction of sp³-hybridized carbons (Fsp3) is 0.269. The van der Waals surface area contributed by atoms with Crippen LogP contribution >= 0.6 is 0 Å². The Balaban J connectivity index is 1.18. The number of hydroxylamine groups is 1. The van der Waals surface area contributed by atoms with E-state index < -0.39 is 5.91 Å². The molecule has 1 aromatic heterocycles. The average molecular weight is 440 g/mol. The van der Waals surface area contributed by atoms with Crippen molar-refractivity contribution in [1.82, 2.24) is 20.3 Å². The van der Waals surface area contributed by atoms with Gasteiger partial charge in [0.25, 0.3) is 5.91 Å². The third-order valence-electron chi connectivity index (χ3n) is 7.11. The number of hydrogen-bond donors (Lipinski definition) is 2. The number of amides is 1. The van der Waals surface area contributed by atoms with Crippen LogP contribution in [0.25, 0.3) is 21.5 Å². The number of fused-ring (bicyclic) bond motifs is 2. The van der Waals surface area contributed by atoms with Crippen molar-refractivity contribution >= 4 is 33.4 Å². The minimum Gasteiger partial charge on any atom is -0.340 e. The Morgan fingerprint density at radius 1 is 0.970 bits per heavy atom. The van der Waals surface area contributed by atoms with E-state index >= 15 is 0 Å². The quantitative estimate of drug-likeness (QED) is 0.287. The molecule has 166 valence electrons. The number of anilines is 1. The monoisotopic (exact) mass is 439 g/mol. The zero-order valence-electron chi connectivity index (χ0n) is 18.2. The van der Waals surface area contributed by atoms with E-state index in [-0.39, 0.29) is 11.0 Å². The van der Waals surface area contributed by atoms with Crippen molar-refractivity contribution in [3.05, 3.63) is 78.1 Å². The molecule has 1 spiro atoms. The molecule has 6 rings (SSSR count). The van der Waals surface area contributed by atoms with Crippen LogP contribution in [0.4, 0.5) is 5.95 Å². The Morgan fingerprint density at radius 2 is 1.61 bits per heavy atom. The van der Waals surface area contributed by atoms with Crippen molar-refractivity contribution in [2.24, 2.45) is 5.41 Å². The SMILES string of the molecule is O=C(NO)c1cnc(N2CCC3(CN(Cc4c5ccccc5cc5ccccc45)C3)C2)nc1. The molecule has 33 heavy (non-hydrogen) atoms. The largest absolute Gasteiger partial charge is 0.340 e. The lowest BCUT2D eigenvalue weighted by atomic mass is 9.78. The summed E-state index contributed by atoms with van der Waals surface area (Å²) in [6.45, 7) is 4.91. The molecule has 0 radical (unpaired) electrons. The van der Waals surface area contributed by atoms with Crippen LogP contribution in [0.3, 0.4) is 0 Å². The lowest BCUT2D eigenvalue weighted by molar-refractivity contribution is 0.0122. The van der Waals surface area contributed by atoms with Gasteiger partial charge in [0.2, 0.25) is 5.95 Å². The molecule has 2 fully saturated rings. The van der Waals surface area contributed by atoms with Crippen LogP contribution < -0.4 is 10.4 Å². The van der Waals surface area contributed by atoms with Gasteiger partial charge in [-0.2, -0.15) is 0 Å². The smallest absolute Gasteiger partial charge is 0.277 e. The fourth-order valence-corrected chi connectivity index (χ4v) is 5.55. The molecule has 3 aromatic carbocycles. The molecule has 1 amide bonds. The van der Waals surface area contributed by atoms with Gasteiger partial charge in [0.1, 0.15) is 0 Å². The maximum Gasteiger partial charge on any atom is 0.277 e. The Labute approximate surface area is 191 Å². The van der Waals surface area contributed by atoms with Gasteiger partial charge in [-0.3, -0.25) is 14.9 Å². The molecule has 4 aromatic rings. The fourth-order valence-electron chi connectivity index (χ4n) is 5.55. The van der Waals surface area contributed by atoms with Gasteiger partial charge in [0, 0.05) is 50.5 Å². The molecular formula is C26H25N5O2. The summed E-state index contributed by atoms with van der Waals surface area (Å²) in [7, 11) is 0. The highest BCUT2D eigenvalue weighted by Gasteiger charge is 2.48. The molecule has 7 heteroatoms. The van der Waals surface area contributed by atoms with E-state index in [0.717, 1.165) is 39.1 Å². The number of rotatable bonds is 4. The highest BCUT2D eigenvalue weighted by atomic mass is 16.5. The maximum absolute atomic E-state index is 11.5. The van der Waals surface area contributed by atoms with Gasteiger partial charge in [0.05, 0.1) is 5.56 Å². The topological polar surface area (TPSA) is 81.6 Å². The second-order valence-corrected chi connectivity index (χ2v) is 9.33. The first-order valence-corrected chi connectivity index (χ1v) is 11.3. The number of benzene rings is 3. The Bertz CT molecular complexity index is 1290. The summed E-state index contributed by atoms with van der Waals surface area (Å²) in [6, 6.07) is 19.6. The number of carbonyl (C=O) groups is 1. The van der Waals surface area contributed by atoms with Crippen molar-refractivity contribution in [3.8, 4) is 0 Å². The second kappa shape index (κ2) is 7.79. The summed E-state index contributed by atoms with van der Waals surface area (Å²) in [5.74, 6) is 0.0369. The van der Waals surface area contributed by atoms with Crippen LogP contribution in [0.1, 0.15) is 22.3 Å². The van der Waals surface area contributed by atoms with Gasteiger partial charge in [0.15, 0.2) is 0 Å². The van der Waals surface area contributed by atoms with Crippen molar-refractivity contribution in [1.29, 1.82) is 0 Å². The number of hydrogen-bond acceptors (Lipinski definition) is 6. The van der Waals surface area contributed by atoms with Gasteiger partial charge < -0.3 is 4.90 Å². The van der Waals surface area contributed by atoms with Crippen molar-refractivity contribution < 1.29 is 10.0 Å². The number of nitrogens with zero attached hydrogens (tertiary/aromatic N) is 4. The third kappa shape index (κ3) is 3.50. The summed E-state index contributed by atoms with van der Waals surface area (Å²) in [4.78, 5) is 24.9. The van der Waals surface area contributed by atoms with Crippen molar-refractivity contribution in [2.75, 3.05) is 31.1 Å². The molecule has 0 atom stereocenters. The lowest BCUT2D eigenvalue weighted by Crippen LogP contribution is -2.56. The predicted octanol–water partition coefficient (Wildman–Crippen LogP) is 3.61. The summed E-state index contributed by atoms with van der Waals surface area (Å²) in [6.07, 6.45) is 4.02. The summed E-state index contributed by atoms with van der Waals surface area (Å²) < 4.78 is 0. The average Bonchev–Trinajstić information content (AvgIpc) is 3.29. The minimum atomic E-state index is -0.602. The molecule has 0 aliphatic carbocycles. The van der Waals surface area contributed by atoms with E-state index in [1.165, 1.54) is 39.5 Å². The van der Waals surface area contributed by atoms with E-state index in [1.54, 1.807) is 5.48 Å². The van der Waals surface area contributed by atoms with Crippen LogP contribution in [0, 0.1) is 5.41 Å². The maximum atomic E-state index is 11.5. The van der Waals surface area contributed by atoms with Crippen LogP contribution in [0.5, 0.6) is 0 Å². The minimum absolute atomic E-state index is 0.243. The predicted molar refractivity (Wildman–Crippen MR) is 127 cm³/mol. The molecule has 0 saturated carbocycles. The molecule has 2 aliphatic rings. The standard InChI is InChI=1S/C26H25N5O2/c32-24(29-33)20-12-27-25(28-13-20)31-10-9-26(17-31)15-30(16-26)14-23-21-7-3-1-5-18(21)11-19-6-2-4-8-22(19)23/h1-8,11-13,33H,9-10,14-17H2,(H,29,32). The highest BCUT2D eigenvalue weighted by Crippen LogP contribution is 2.42. The molecule has 2 N–H and O–H groups in total. The molecule has 3 heterocycles. The van der Waals surface area contributed by atoms with Gasteiger partial charge >= 0.3 is 0 Å². The van der Waals surface area contributed by atoms with Gasteiger partial charge in [-0.1, -0.05) is 48.5 Å². The van der Waals surface area contributed by atoms with E-state index in [1.807, 2.05) is 0 Å². The molecule has 0 unspecified atom stereocenters. The molecular weight excluding hydrogens is 414 g/mol.